The van der Waals surface area contributed by atoms with E-state index in [0.29, 0.717) is 10.5 Å². The van der Waals surface area contributed by atoms with E-state index in [1.54, 1.807) is 0 Å². The average molecular weight is 264 g/mol. The molecule has 0 bridgehead atoms. The van der Waals surface area contributed by atoms with Gasteiger partial charge in [-0.2, -0.15) is 0 Å². The monoisotopic (exact) mass is 264 g/mol. The SMILES string of the molecule is C[N@+]1(C(=O)S)CCCCC1CCc1ccccc1. The molecule has 2 nitrogen and oxygen atoms in total. The summed E-state index contributed by atoms with van der Waals surface area (Å²) < 4.78 is 0.510. The number of thiol groups is 1. The first-order chi connectivity index (χ1) is 8.63. The van der Waals surface area contributed by atoms with E-state index < -0.39 is 0 Å². The van der Waals surface area contributed by atoms with E-state index in [1.807, 2.05) is 13.1 Å². The molecule has 98 valence electrons. The molecule has 1 amide bonds. The second-order valence-corrected chi connectivity index (χ2v) is 5.83. The number of likely N-dealkylation sites (tertiary alicyclic amines) is 1. The highest BCUT2D eigenvalue weighted by Crippen LogP contribution is 2.29. The summed E-state index contributed by atoms with van der Waals surface area (Å²) in [6.45, 7) is 0.946. The number of rotatable bonds is 3. The third-order valence-electron chi connectivity index (χ3n) is 4.26. The van der Waals surface area contributed by atoms with Gasteiger partial charge in [0.2, 0.25) is 0 Å². The minimum absolute atomic E-state index is 0.0211. The lowest BCUT2D eigenvalue weighted by molar-refractivity contribution is -0.856. The number of hydrogen-bond acceptors (Lipinski definition) is 1. The van der Waals surface area contributed by atoms with Gasteiger partial charge in [0.1, 0.15) is 0 Å². The molecule has 0 N–H and O–H groups in total. The first-order valence-electron chi connectivity index (χ1n) is 6.75. The molecule has 1 aliphatic rings. The fraction of sp³-hybridized carbons (Fsp3) is 0.533. The molecule has 1 aromatic rings. The quantitative estimate of drug-likeness (QED) is 0.651. The normalized spacial score (nSPS) is 28.0. The largest absolute Gasteiger partial charge is 0.372 e. The number of amides is 1. The molecule has 3 heteroatoms. The maximum Gasteiger partial charge on any atom is 0.372 e. The number of quaternary nitrogens is 1. The zero-order chi connectivity index (χ0) is 13.0. The first kappa shape index (κ1) is 13.6. The van der Waals surface area contributed by atoms with Gasteiger partial charge < -0.3 is 0 Å². The molecule has 0 radical (unpaired) electrons. The number of piperidine rings is 1. The van der Waals surface area contributed by atoms with E-state index in [1.165, 1.54) is 12.0 Å². The van der Waals surface area contributed by atoms with Crippen molar-refractivity contribution in [2.45, 2.75) is 38.1 Å². The van der Waals surface area contributed by atoms with Crippen LogP contribution in [0.5, 0.6) is 0 Å². The molecular weight excluding hydrogens is 242 g/mol. The Morgan fingerprint density at radius 1 is 1.33 bits per heavy atom. The molecule has 1 aliphatic heterocycles. The molecule has 0 aromatic heterocycles. The maximum absolute atomic E-state index is 11.8. The van der Waals surface area contributed by atoms with E-state index in [2.05, 4.69) is 36.9 Å². The van der Waals surface area contributed by atoms with E-state index >= 15 is 0 Å². The van der Waals surface area contributed by atoms with Crippen molar-refractivity contribution < 1.29 is 9.28 Å². The predicted molar refractivity (Wildman–Crippen MR) is 77.8 cm³/mol. The second kappa shape index (κ2) is 5.89. The Hall–Kier alpha value is -0.800. The van der Waals surface area contributed by atoms with Crippen LogP contribution in [-0.2, 0) is 6.42 Å². The van der Waals surface area contributed by atoms with Crippen molar-refractivity contribution >= 4 is 17.9 Å². The molecule has 0 spiro atoms. The van der Waals surface area contributed by atoms with Gasteiger partial charge in [0.15, 0.2) is 0 Å². The Morgan fingerprint density at radius 3 is 2.72 bits per heavy atom. The van der Waals surface area contributed by atoms with Crippen LogP contribution in [0.2, 0.25) is 0 Å². The zero-order valence-corrected chi connectivity index (χ0v) is 11.9. The van der Waals surface area contributed by atoms with Crippen LogP contribution in [0.15, 0.2) is 30.3 Å². The van der Waals surface area contributed by atoms with Crippen molar-refractivity contribution in [3.05, 3.63) is 35.9 Å². The summed E-state index contributed by atoms with van der Waals surface area (Å²) in [5.74, 6) is 0. The van der Waals surface area contributed by atoms with Gasteiger partial charge in [-0.25, -0.2) is 4.79 Å². The molecule has 1 aromatic carbocycles. The summed E-state index contributed by atoms with van der Waals surface area (Å²) >= 11 is 4.10. The van der Waals surface area contributed by atoms with Gasteiger partial charge in [-0.3, -0.25) is 4.48 Å². The van der Waals surface area contributed by atoms with E-state index in [9.17, 15) is 4.79 Å². The van der Waals surface area contributed by atoms with E-state index in [0.717, 1.165) is 32.2 Å². The highest BCUT2D eigenvalue weighted by molar-refractivity contribution is 7.96. The fourth-order valence-corrected chi connectivity index (χ4v) is 3.21. The standard InChI is InChI=1S/C15H21NOS/c1-16(15(17)18)12-6-5-9-14(16)11-10-13-7-3-2-4-8-13/h2-4,7-8,14H,5-6,9-12H2,1H3/p+1/t14?,16-/m0/s1. The summed E-state index contributed by atoms with van der Waals surface area (Å²) in [5, 5.41) is 0.0211. The molecule has 0 aliphatic carbocycles. The number of benzene rings is 1. The van der Waals surface area contributed by atoms with E-state index in [-0.39, 0.29) is 5.24 Å². The number of aryl methyl sites for hydroxylation is 1. The second-order valence-electron chi connectivity index (χ2n) is 5.45. The van der Waals surface area contributed by atoms with Crippen molar-refractivity contribution in [2.75, 3.05) is 13.6 Å². The Kier molecular flexibility index (Phi) is 4.46. The van der Waals surface area contributed by atoms with Crippen molar-refractivity contribution in [1.29, 1.82) is 0 Å². The number of nitrogens with zero attached hydrogens (tertiary/aromatic N) is 1. The van der Waals surface area contributed by atoms with Crippen LogP contribution in [0.3, 0.4) is 0 Å². The van der Waals surface area contributed by atoms with Gasteiger partial charge in [-0.05, 0) is 37.5 Å². The molecule has 1 heterocycles. The van der Waals surface area contributed by atoms with E-state index in [4.69, 9.17) is 0 Å². The summed E-state index contributed by atoms with van der Waals surface area (Å²) in [4.78, 5) is 11.8. The molecule has 1 fully saturated rings. The number of hydrogen-bond donors (Lipinski definition) is 1. The van der Waals surface area contributed by atoms with Crippen LogP contribution in [0.1, 0.15) is 31.2 Å². The van der Waals surface area contributed by atoms with Crippen molar-refractivity contribution in [2.24, 2.45) is 0 Å². The van der Waals surface area contributed by atoms with Gasteiger partial charge in [0, 0.05) is 12.8 Å². The Balaban J connectivity index is 2.00. The average Bonchev–Trinajstić information content (AvgIpc) is 2.39. The topological polar surface area (TPSA) is 17.1 Å². The minimum atomic E-state index is 0.0211. The molecular formula is C15H22NOS+. The summed E-state index contributed by atoms with van der Waals surface area (Å²) in [5.41, 5.74) is 1.36. The van der Waals surface area contributed by atoms with Crippen LogP contribution >= 0.6 is 12.6 Å². The highest BCUT2D eigenvalue weighted by atomic mass is 32.1. The molecule has 1 saturated heterocycles. The van der Waals surface area contributed by atoms with Crippen molar-refractivity contribution in [1.82, 2.24) is 0 Å². The smallest absolute Gasteiger partial charge is 0.251 e. The molecule has 2 atom stereocenters. The third-order valence-corrected chi connectivity index (χ3v) is 4.72. The van der Waals surface area contributed by atoms with Crippen LogP contribution in [-0.4, -0.2) is 29.4 Å². The number of carbonyl (C=O) groups is 1. The first-order valence-corrected chi connectivity index (χ1v) is 7.20. The van der Waals surface area contributed by atoms with Crippen LogP contribution in [0, 0.1) is 0 Å². The van der Waals surface area contributed by atoms with Crippen LogP contribution in [0.25, 0.3) is 0 Å². The zero-order valence-electron chi connectivity index (χ0n) is 11.0. The van der Waals surface area contributed by atoms with Crippen molar-refractivity contribution in [3.8, 4) is 0 Å². The van der Waals surface area contributed by atoms with Crippen molar-refractivity contribution in [3.63, 3.8) is 0 Å². The Labute approximate surface area is 115 Å². The Morgan fingerprint density at radius 2 is 2.06 bits per heavy atom. The lowest BCUT2D eigenvalue weighted by atomic mass is 9.94. The molecule has 18 heavy (non-hydrogen) atoms. The van der Waals surface area contributed by atoms with Crippen LogP contribution in [0.4, 0.5) is 4.79 Å². The summed E-state index contributed by atoms with van der Waals surface area (Å²) in [7, 11) is 2.05. The lowest BCUT2D eigenvalue weighted by Gasteiger charge is -2.41. The maximum atomic E-state index is 11.8. The predicted octanol–water partition coefficient (Wildman–Crippen LogP) is 3.67. The van der Waals surface area contributed by atoms with Crippen LogP contribution < -0.4 is 0 Å². The summed E-state index contributed by atoms with van der Waals surface area (Å²) in [6, 6.07) is 11.0. The van der Waals surface area contributed by atoms with Gasteiger partial charge >= 0.3 is 5.24 Å². The number of carbonyl (C=O) groups excluding carboxylic acids is 1. The summed E-state index contributed by atoms with van der Waals surface area (Å²) in [6.07, 6.45) is 5.67. The molecule has 2 rings (SSSR count). The van der Waals surface area contributed by atoms with Gasteiger partial charge in [0.05, 0.1) is 19.6 Å². The minimum Gasteiger partial charge on any atom is -0.251 e. The Bertz CT molecular complexity index is 406. The fourth-order valence-electron chi connectivity index (χ4n) is 2.95. The molecule has 1 unspecified atom stereocenters. The van der Waals surface area contributed by atoms with Gasteiger partial charge in [0.25, 0.3) is 0 Å². The van der Waals surface area contributed by atoms with Gasteiger partial charge in [-0.15, -0.1) is 0 Å². The molecule has 0 saturated carbocycles. The third kappa shape index (κ3) is 2.96. The van der Waals surface area contributed by atoms with Gasteiger partial charge in [-0.1, -0.05) is 30.3 Å². The lowest BCUT2D eigenvalue weighted by Crippen LogP contribution is -2.56. The highest BCUT2D eigenvalue weighted by Gasteiger charge is 2.39.